The van der Waals surface area contributed by atoms with E-state index in [1.165, 1.54) is 60.4 Å². The number of aromatic nitrogens is 1. The number of anilines is 3. The minimum absolute atomic E-state index is 0.865. The lowest BCUT2D eigenvalue weighted by Gasteiger charge is -2.26. The SMILES string of the molecule is c1ccc(-c2ccc(N(c3ccc(-c4ccc(-c5ccc(-n6c7ccccc7c7ccccc76)cc5)cc4)cc3)c3cccc4c3oc3ccc5ccccc5c34)cc2)cc1. The van der Waals surface area contributed by atoms with Crippen molar-refractivity contribution < 1.29 is 4.42 Å². The summed E-state index contributed by atoms with van der Waals surface area (Å²) in [7, 11) is 0. The Hall–Kier alpha value is -8.14. The van der Waals surface area contributed by atoms with Crippen LogP contribution in [0.5, 0.6) is 0 Å². The van der Waals surface area contributed by atoms with Gasteiger partial charge in [0.2, 0.25) is 0 Å². The standard InChI is InChI=1S/C58H38N2O/c1-2-11-39(12-3-1)42-25-32-46(33-26-42)59(55-20-10-17-52-57-49-14-5-4-13-45(49)31-38-56(57)61-58(52)55)47-34-27-43(28-35-47)40-21-23-41(24-22-40)44-29-36-48(37-30-44)60-53-18-8-6-15-50(53)51-16-7-9-19-54(51)60/h1-38H. The third-order valence-electron chi connectivity index (χ3n) is 12.2. The Morgan fingerprint density at radius 2 is 0.787 bits per heavy atom. The number of fused-ring (bicyclic) bond motifs is 8. The van der Waals surface area contributed by atoms with Crippen molar-refractivity contribution >= 4 is 71.6 Å². The average molecular weight is 779 g/mol. The molecule has 2 aromatic heterocycles. The average Bonchev–Trinajstić information content (AvgIpc) is 3.90. The number of nitrogens with zero attached hydrogens (tertiary/aromatic N) is 2. The normalized spacial score (nSPS) is 11.6. The predicted octanol–water partition coefficient (Wildman–Crippen LogP) is 16.3. The Kier molecular flexibility index (Phi) is 8.17. The van der Waals surface area contributed by atoms with Crippen LogP contribution in [0.4, 0.5) is 17.1 Å². The van der Waals surface area contributed by atoms with Gasteiger partial charge in [0.25, 0.3) is 0 Å². The fourth-order valence-electron chi connectivity index (χ4n) is 9.25. The minimum Gasteiger partial charge on any atom is -0.454 e. The summed E-state index contributed by atoms with van der Waals surface area (Å²) in [4.78, 5) is 2.32. The Labute approximate surface area is 353 Å². The smallest absolute Gasteiger partial charge is 0.159 e. The molecule has 12 aromatic rings. The Bertz CT molecular complexity index is 3490. The van der Waals surface area contributed by atoms with Gasteiger partial charge in [-0.3, -0.25) is 0 Å². The summed E-state index contributed by atoms with van der Waals surface area (Å²) in [5.74, 6) is 0. The molecule has 0 aliphatic heterocycles. The van der Waals surface area contributed by atoms with Gasteiger partial charge in [0.15, 0.2) is 5.58 Å². The molecule has 0 unspecified atom stereocenters. The maximum absolute atomic E-state index is 6.77. The first-order valence-electron chi connectivity index (χ1n) is 20.8. The van der Waals surface area contributed by atoms with E-state index >= 15 is 0 Å². The molecule has 10 aromatic carbocycles. The number of hydrogen-bond acceptors (Lipinski definition) is 2. The first kappa shape index (κ1) is 34.9. The van der Waals surface area contributed by atoms with Crippen LogP contribution in [0, 0.1) is 0 Å². The van der Waals surface area contributed by atoms with Crippen molar-refractivity contribution in [3.8, 4) is 39.1 Å². The molecule has 286 valence electrons. The Morgan fingerprint density at radius 3 is 1.38 bits per heavy atom. The van der Waals surface area contributed by atoms with Gasteiger partial charge in [-0.05, 0) is 105 Å². The zero-order valence-electron chi connectivity index (χ0n) is 33.2. The van der Waals surface area contributed by atoms with E-state index < -0.39 is 0 Å². The van der Waals surface area contributed by atoms with Gasteiger partial charge >= 0.3 is 0 Å². The molecule has 0 N–H and O–H groups in total. The number of para-hydroxylation sites is 3. The van der Waals surface area contributed by atoms with Gasteiger partial charge in [-0.15, -0.1) is 0 Å². The first-order chi connectivity index (χ1) is 30.2. The first-order valence-corrected chi connectivity index (χ1v) is 20.8. The molecule has 12 rings (SSSR count). The lowest BCUT2D eigenvalue weighted by Crippen LogP contribution is -2.10. The highest BCUT2D eigenvalue weighted by Gasteiger charge is 2.21. The molecule has 0 fully saturated rings. The molecule has 0 amide bonds. The monoisotopic (exact) mass is 778 g/mol. The molecular weight excluding hydrogens is 741 g/mol. The fraction of sp³-hybridized carbons (Fsp3) is 0. The van der Waals surface area contributed by atoms with E-state index in [4.69, 9.17) is 4.42 Å². The fourth-order valence-corrected chi connectivity index (χ4v) is 9.25. The Balaban J connectivity index is 0.887. The Morgan fingerprint density at radius 1 is 0.328 bits per heavy atom. The van der Waals surface area contributed by atoms with Crippen molar-refractivity contribution in [3.63, 3.8) is 0 Å². The summed E-state index contributed by atoms with van der Waals surface area (Å²) in [5, 5.41) is 7.19. The van der Waals surface area contributed by atoms with Gasteiger partial charge in [0.1, 0.15) is 5.58 Å². The van der Waals surface area contributed by atoms with Crippen LogP contribution in [0.3, 0.4) is 0 Å². The van der Waals surface area contributed by atoms with E-state index in [-0.39, 0.29) is 0 Å². The molecule has 0 saturated heterocycles. The van der Waals surface area contributed by atoms with E-state index in [2.05, 4.69) is 240 Å². The van der Waals surface area contributed by atoms with E-state index in [1.807, 2.05) is 0 Å². The topological polar surface area (TPSA) is 21.3 Å². The van der Waals surface area contributed by atoms with Gasteiger partial charge in [-0.1, -0.05) is 170 Å². The van der Waals surface area contributed by atoms with E-state index in [0.717, 1.165) is 50.3 Å². The summed E-state index contributed by atoms with van der Waals surface area (Å²) >= 11 is 0. The molecule has 0 aliphatic carbocycles. The highest BCUT2D eigenvalue weighted by Crippen LogP contribution is 2.44. The number of benzene rings is 10. The molecule has 0 saturated carbocycles. The second kappa shape index (κ2) is 14.3. The summed E-state index contributed by atoms with van der Waals surface area (Å²) in [6.45, 7) is 0. The molecule has 61 heavy (non-hydrogen) atoms. The van der Waals surface area contributed by atoms with Crippen molar-refractivity contribution in [2.45, 2.75) is 0 Å². The van der Waals surface area contributed by atoms with Crippen molar-refractivity contribution in [1.29, 1.82) is 0 Å². The molecule has 3 nitrogen and oxygen atoms in total. The predicted molar refractivity (Wildman–Crippen MR) is 257 cm³/mol. The lowest BCUT2D eigenvalue weighted by molar-refractivity contribution is 0.669. The number of furan rings is 1. The van der Waals surface area contributed by atoms with Gasteiger partial charge in [0, 0.05) is 38.6 Å². The van der Waals surface area contributed by atoms with Crippen LogP contribution in [0.15, 0.2) is 235 Å². The number of rotatable bonds is 7. The molecule has 3 heteroatoms. The van der Waals surface area contributed by atoms with Crippen LogP contribution in [-0.4, -0.2) is 4.57 Å². The van der Waals surface area contributed by atoms with Crippen LogP contribution in [0.25, 0.3) is 93.6 Å². The van der Waals surface area contributed by atoms with E-state index in [9.17, 15) is 0 Å². The molecule has 2 heterocycles. The third kappa shape index (κ3) is 5.90. The van der Waals surface area contributed by atoms with Crippen molar-refractivity contribution in [1.82, 2.24) is 4.57 Å². The molecule has 0 bridgehead atoms. The van der Waals surface area contributed by atoms with Crippen molar-refractivity contribution in [2.24, 2.45) is 0 Å². The highest BCUT2D eigenvalue weighted by molar-refractivity contribution is 6.21. The van der Waals surface area contributed by atoms with Gasteiger partial charge in [-0.2, -0.15) is 0 Å². The zero-order chi connectivity index (χ0) is 40.3. The summed E-state index contributed by atoms with van der Waals surface area (Å²) in [5.41, 5.74) is 15.5. The van der Waals surface area contributed by atoms with Crippen molar-refractivity contribution in [3.05, 3.63) is 231 Å². The molecule has 0 spiro atoms. The lowest BCUT2D eigenvalue weighted by atomic mass is 9.99. The largest absolute Gasteiger partial charge is 0.454 e. The molecule has 0 radical (unpaired) electrons. The summed E-state index contributed by atoms with van der Waals surface area (Å²) < 4.78 is 9.13. The number of hydrogen-bond donors (Lipinski definition) is 0. The van der Waals surface area contributed by atoms with Crippen LogP contribution in [-0.2, 0) is 0 Å². The maximum Gasteiger partial charge on any atom is 0.159 e. The second-order valence-corrected chi connectivity index (χ2v) is 15.7. The quantitative estimate of drug-likeness (QED) is 0.161. The van der Waals surface area contributed by atoms with Crippen LogP contribution in [0.2, 0.25) is 0 Å². The second-order valence-electron chi connectivity index (χ2n) is 15.7. The van der Waals surface area contributed by atoms with E-state index in [1.54, 1.807) is 0 Å². The molecule has 0 atom stereocenters. The van der Waals surface area contributed by atoms with E-state index in [0.29, 0.717) is 0 Å². The van der Waals surface area contributed by atoms with Gasteiger partial charge in [0.05, 0.1) is 16.7 Å². The van der Waals surface area contributed by atoms with Crippen LogP contribution < -0.4 is 4.90 Å². The van der Waals surface area contributed by atoms with Crippen LogP contribution >= 0.6 is 0 Å². The zero-order valence-corrected chi connectivity index (χ0v) is 33.2. The van der Waals surface area contributed by atoms with Crippen molar-refractivity contribution in [2.75, 3.05) is 4.90 Å². The van der Waals surface area contributed by atoms with Gasteiger partial charge < -0.3 is 13.9 Å². The maximum atomic E-state index is 6.77. The van der Waals surface area contributed by atoms with Crippen LogP contribution in [0.1, 0.15) is 0 Å². The molecule has 0 aliphatic rings. The summed E-state index contributed by atoms with van der Waals surface area (Å²) in [6.07, 6.45) is 0. The minimum atomic E-state index is 0.865. The summed E-state index contributed by atoms with van der Waals surface area (Å²) in [6, 6.07) is 82.7. The third-order valence-corrected chi connectivity index (χ3v) is 12.2. The molecular formula is C58H38N2O. The highest BCUT2D eigenvalue weighted by atomic mass is 16.3. The van der Waals surface area contributed by atoms with Gasteiger partial charge in [-0.25, -0.2) is 0 Å².